The van der Waals surface area contributed by atoms with E-state index in [2.05, 4.69) is 0 Å². The molecule has 0 rings (SSSR count). The second-order valence-electron chi connectivity index (χ2n) is 0. The summed E-state index contributed by atoms with van der Waals surface area (Å²) in [5.41, 5.74) is 0. The zero-order valence-corrected chi connectivity index (χ0v) is 6.80. The van der Waals surface area contributed by atoms with E-state index in [1.165, 1.54) is 0 Å². The molecule has 0 aliphatic carbocycles. The van der Waals surface area contributed by atoms with Crippen LogP contribution in [0.25, 0.3) is 0 Å². The summed E-state index contributed by atoms with van der Waals surface area (Å²) in [5, 5.41) is 0. The fourth-order valence-electron chi connectivity index (χ4n) is 0. The van der Waals surface area contributed by atoms with Gasteiger partial charge in [0.1, 0.15) is 0 Å². The molecule has 0 spiro atoms. The maximum absolute atomic E-state index is 8.33. The molecule has 0 heterocycles. The fraction of sp³-hybridized carbons (Fsp3) is 0. The van der Waals surface area contributed by atoms with Crippen LogP contribution in [-0.4, -0.2) is 0 Å². The molecule has 0 unspecified atom stereocenters. The monoisotopic (exact) mass is 309 g/mol. The normalized spacial score (nSPS) is 1.75. The first-order chi connectivity index (χ1) is 2.00. The molecule has 0 saturated heterocycles. The fourth-order valence-corrected chi connectivity index (χ4v) is 0. The Kier molecular flexibility index (Phi) is 77.7. The molecule has 0 aromatic rings. The second kappa shape index (κ2) is 34.9. The second-order valence-corrected chi connectivity index (χ2v) is 0. The van der Waals surface area contributed by atoms with Gasteiger partial charge in [0, 0.05) is 0 Å². The van der Waals surface area contributed by atoms with Crippen LogP contribution < -0.4 is 0 Å². The molecule has 0 amide bonds. The van der Waals surface area contributed by atoms with Crippen LogP contribution in [0.15, 0.2) is 0 Å². The van der Waals surface area contributed by atoms with Crippen LogP contribution in [0.1, 0.15) is 0 Å². The van der Waals surface area contributed by atoms with Crippen molar-refractivity contribution in [2.45, 2.75) is 0 Å². The van der Waals surface area contributed by atoms with Crippen molar-refractivity contribution in [3.63, 3.8) is 0 Å². The number of rotatable bonds is 0. The van der Waals surface area contributed by atoms with Gasteiger partial charge in [-0.2, -0.15) is 0 Å². The van der Waals surface area contributed by atoms with E-state index in [1.807, 2.05) is 0 Å². The molecule has 0 atom stereocenters. The van der Waals surface area contributed by atoms with Gasteiger partial charge in [-0.25, -0.2) is 0 Å². The van der Waals surface area contributed by atoms with E-state index in [0.29, 0.717) is 40.8 Å². The van der Waals surface area contributed by atoms with E-state index in [0.717, 1.165) is 0 Å². The van der Waals surface area contributed by atoms with E-state index in [1.54, 1.807) is 0 Å². The standard InChI is InChI=1S/Nb.2O.W. The van der Waals surface area contributed by atoms with Crippen LogP contribution >= 0.6 is 0 Å². The molecular formula is NbO2W. The molecule has 0 aromatic heterocycles. The average molecular weight is 309 g/mol. The van der Waals surface area contributed by atoms with Crippen molar-refractivity contribution in [3.05, 3.63) is 0 Å². The van der Waals surface area contributed by atoms with Crippen molar-refractivity contribution in [2.24, 2.45) is 0 Å². The third-order valence-electron chi connectivity index (χ3n) is 0. The molecule has 4 heteroatoms. The summed E-state index contributed by atoms with van der Waals surface area (Å²) in [5.74, 6) is 0. The Balaban J connectivity index is 0. The Labute approximate surface area is 47.4 Å². The number of hydrogen-bond acceptors (Lipinski definition) is 2. The van der Waals surface area contributed by atoms with E-state index >= 15 is 0 Å². The van der Waals surface area contributed by atoms with Crippen LogP contribution in [-0.2, 0) is 47.5 Å². The molecule has 0 N–H and O–H groups in total. The summed E-state index contributed by atoms with van der Waals surface area (Å²) in [4.78, 5) is 0. The van der Waals surface area contributed by atoms with Gasteiger partial charge in [-0.3, -0.25) is 0 Å². The van der Waals surface area contributed by atoms with Crippen LogP contribution in [0.5, 0.6) is 0 Å². The average Bonchev–Trinajstić information content (AvgIpc) is 1.50. The van der Waals surface area contributed by atoms with Crippen LogP contribution in [0.4, 0.5) is 0 Å². The van der Waals surface area contributed by atoms with E-state index in [-0.39, 0.29) is 0 Å². The SMILES string of the molecule is [O]=[Nb].[O]=[W]. The Morgan fingerprint density at radius 3 is 1.25 bits per heavy atom. The first-order valence-corrected chi connectivity index (χ1v) is 2.44. The summed E-state index contributed by atoms with van der Waals surface area (Å²) in [7, 11) is 0. The third-order valence-corrected chi connectivity index (χ3v) is 0. The predicted octanol–water partition coefficient (Wildman–Crippen LogP) is -0.243. The van der Waals surface area contributed by atoms with Gasteiger partial charge in [-0.1, -0.05) is 0 Å². The first-order valence-electron chi connectivity index (χ1n) is 0.349. The Morgan fingerprint density at radius 2 is 1.25 bits per heavy atom. The van der Waals surface area contributed by atoms with Crippen molar-refractivity contribution in [3.8, 4) is 0 Å². The topological polar surface area (TPSA) is 34.1 Å². The molecule has 0 aliphatic rings. The van der Waals surface area contributed by atoms with Gasteiger partial charge in [0.2, 0.25) is 0 Å². The van der Waals surface area contributed by atoms with E-state index in [9.17, 15) is 0 Å². The van der Waals surface area contributed by atoms with Crippen molar-refractivity contribution < 1.29 is 47.5 Å². The first kappa shape index (κ1) is 8.90. The molecule has 23 valence electrons. The van der Waals surface area contributed by atoms with Gasteiger partial charge in [0.15, 0.2) is 0 Å². The van der Waals surface area contributed by atoms with Gasteiger partial charge < -0.3 is 0 Å². The molecule has 0 fully saturated rings. The minimum atomic E-state index is 0.333. The van der Waals surface area contributed by atoms with Gasteiger partial charge in [-0.15, -0.1) is 0 Å². The zero-order valence-electron chi connectivity index (χ0n) is 1.67. The van der Waals surface area contributed by atoms with Crippen molar-refractivity contribution >= 4 is 0 Å². The summed E-state index contributed by atoms with van der Waals surface area (Å²) < 4.78 is 16.6. The van der Waals surface area contributed by atoms with E-state index < -0.39 is 0 Å². The summed E-state index contributed by atoms with van der Waals surface area (Å²) >= 11 is 0.833. The van der Waals surface area contributed by atoms with Gasteiger partial charge >= 0.3 is 47.5 Å². The predicted molar refractivity (Wildman–Crippen MR) is 1.37 cm³/mol. The summed E-state index contributed by atoms with van der Waals surface area (Å²) in [6.45, 7) is 0. The quantitative estimate of drug-likeness (QED) is 0.579. The Bertz CT molecular complexity index is 8.00. The molecule has 2 nitrogen and oxygen atoms in total. The molecule has 0 aromatic carbocycles. The van der Waals surface area contributed by atoms with E-state index in [4.69, 9.17) is 6.65 Å². The van der Waals surface area contributed by atoms with Crippen LogP contribution in [0.2, 0.25) is 0 Å². The van der Waals surface area contributed by atoms with Crippen LogP contribution in [0, 0.1) is 0 Å². The molecule has 0 aliphatic heterocycles. The minimum absolute atomic E-state index is 0.333. The van der Waals surface area contributed by atoms with Crippen molar-refractivity contribution in [1.82, 2.24) is 0 Å². The van der Waals surface area contributed by atoms with Gasteiger partial charge in [0.05, 0.1) is 0 Å². The van der Waals surface area contributed by atoms with Gasteiger partial charge in [0.25, 0.3) is 0 Å². The molecule has 0 saturated carbocycles. The van der Waals surface area contributed by atoms with Crippen molar-refractivity contribution in [1.29, 1.82) is 0 Å². The maximum atomic E-state index is 8.33. The zero-order chi connectivity index (χ0) is 4.00. The Hall–Kier alpha value is 1.03. The third kappa shape index (κ3) is 11.8. The van der Waals surface area contributed by atoms with Crippen LogP contribution in [0.3, 0.4) is 0 Å². The number of hydrogen-bond donors (Lipinski definition) is 0. The molecule has 4 heavy (non-hydrogen) atoms. The Morgan fingerprint density at radius 1 is 1.25 bits per heavy atom. The molecule has 0 bridgehead atoms. The molecule has 0 radical (unpaired) electrons. The summed E-state index contributed by atoms with van der Waals surface area (Å²) in [6, 6.07) is 0. The van der Waals surface area contributed by atoms with Gasteiger partial charge in [-0.05, 0) is 0 Å². The van der Waals surface area contributed by atoms with Crippen molar-refractivity contribution in [2.75, 3.05) is 0 Å². The molecular weight excluding hydrogens is 309 g/mol. The summed E-state index contributed by atoms with van der Waals surface area (Å²) in [6.07, 6.45) is 0.